The second-order valence-corrected chi connectivity index (χ2v) is 7.74. The smallest absolute Gasteiger partial charge is 0.252 e. The standard InChI is InChI=1S/C19H17Cl2N3O2S/c1-11(14-8-7-13(20)9-16(14)21)22-19(25)15-5-3-4-6-17(15)27-10-18-23-12(2)26-24-18/h3-9,11H,10H2,1-2H3,(H,22,25). The number of halogens is 2. The summed E-state index contributed by atoms with van der Waals surface area (Å²) in [5.41, 5.74) is 1.39. The van der Waals surface area contributed by atoms with Crippen LogP contribution in [0.2, 0.25) is 10.0 Å². The molecule has 5 nitrogen and oxygen atoms in total. The molecule has 3 rings (SSSR count). The molecule has 1 N–H and O–H groups in total. The number of carbonyl (C=O) groups excluding carboxylic acids is 1. The van der Waals surface area contributed by atoms with Crippen LogP contribution < -0.4 is 5.32 Å². The lowest BCUT2D eigenvalue weighted by Crippen LogP contribution is -2.27. The summed E-state index contributed by atoms with van der Waals surface area (Å²) >= 11 is 13.7. The normalized spacial score (nSPS) is 12.0. The molecule has 1 amide bonds. The minimum absolute atomic E-state index is 0.180. The van der Waals surface area contributed by atoms with Crippen LogP contribution in [0.15, 0.2) is 51.9 Å². The van der Waals surface area contributed by atoms with E-state index in [-0.39, 0.29) is 11.9 Å². The number of hydrogen-bond donors (Lipinski definition) is 1. The summed E-state index contributed by atoms with van der Waals surface area (Å²) in [5.74, 6) is 1.44. The van der Waals surface area contributed by atoms with Gasteiger partial charge in [-0.1, -0.05) is 46.6 Å². The van der Waals surface area contributed by atoms with Crippen molar-refractivity contribution in [2.45, 2.75) is 30.5 Å². The monoisotopic (exact) mass is 421 g/mol. The molecular formula is C19H17Cl2N3O2S. The molecule has 1 unspecified atom stereocenters. The van der Waals surface area contributed by atoms with Crippen LogP contribution in [0.5, 0.6) is 0 Å². The van der Waals surface area contributed by atoms with E-state index in [9.17, 15) is 4.79 Å². The summed E-state index contributed by atoms with van der Waals surface area (Å²) in [7, 11) is 0. The van der Waals surface area contributed by atoms with Crippen molar-refractivity contribution in [3.05, 3.63) is 75.4 Å². The third-order valence-corrected chi connectivity index (χ3v) is 5.47. The Morgan fingerprint density at radius 1 is 1.26 bits per heavy atom. The second kappa shape index (κ2) is 8.78. The number of aromatic nitrogens is 2. The molecule has 0 aliphatic carbocycles. The number of rotatable bonds is 6. The molecule has 2 aromatic carbocycles. The third kappa shape index (κ3) is 5.03. The molecule has 0 aliphatic rings. The number of benzene rings is 2. The first kappa shape index (κ1) is 19.7. The highest BCUT2D eigenvalue weighted by Crippen LogP contribution is 2.28. The Balaban J connectivity index is 1.72. The van der Waals surface area contributed by atoms with Gasteiger partial charge in [0, 0.05) is 21.9 Å². The van der Waals surface area contributed by atoms with Crippen molar-refractivity contribution in [2.24, 2.45) is 0 Å². The number of nitrogens with zero attached hydrogens (tertiary/aromatic N) is 2. The fraction of sp³-hybridized carbons (Fsp3) is 0.211. The van der Waals surface area contributed by atoms with Gasteiger partial charge in [0.05, 0.1) is 17.4 Å². The van der Waals surface area contributed by atoms with Crippen LogP contribution in [0.3, 0.4) is 0 Å². The van der Waals surface area contributed by atoms with E-state index in [1.54, 1.807) is 25.1 Å². The Morgan fingerprint density at radius 2 is 2.04 bits per heavy atom. The highest BCUT2D eigenvalue weighted by atomic mass is 35.5. The van der Waals surface area contributed by atoms with Gasteiger partial charge in [-0.2, -0.15) is 4.98 Å². The Labute approximate surface area is 171 Å². The molecule has 0 bridgehead atoms. The van der Waals surface area contributed by atoms with Gasteiger partial charge in [0.1, 0.15) is 0 Å². The topological polar surface area (TPSA) is 68.0 Å². The predicted octanol–water partition coefficient (Wildman–Crippen LogP) is 5.47. The van der Waals surface area contributed by atoms with Gasteiger partial charge in [-0.15, -0.1) is 11.8 Å². The molecule has 0 aliphatic heterocycles. The molecule has 140 valence electrons. The van der Waals surface area contributed by atoms with E-state index >= 15 is 0 Å². The second-order valence-electron chi connectivity index (χ2n) is 5.88. The summed E-state index contributed by atoms with van der Waals surface area (Å²) in [4.78, 5) is 17.8. The van der Waals surface area contributed by atoms with Crippen LogP contribution >= 0.6 is 35.0 Å². The number of thioether (sulfide) groups is 1. The van der Waals surface area contributed by atoms with Crippen LogP contribution in [0.1, 0.15) is 40.6 Å². The maximum Gasteiger partial charge on any atom is 0.252 e. The van der Waals surface area contributed by atoms with Crippen LogP contribution in [-0.4, -0.2) is 16.0 Å². The highest BCUT2D eigenvalue weighted by Gasteiger charge is 2.17. The van der Waals surface area contributed by atoms with Gasteiger partial charge in [-0.3, -0.25) is 4.79 Å². The molecule has 1 aromatic heterocycles. The van der Waals surface area contributed by atoms with E-state index in [0.717, 1.165) is 10.5 Å². The molecular weight excluding hydrogens is 405 g/mol. The molecule has 1 heterocycles. The fourth-order valence-corrected chi connectivity index (χ4v) is 3.99. The summed E-state index contributed by atoms with van der Waals surface area (Å²) in [6.07, 6.45) is 0. The van der Waals surface area contributed by atoms with E-state index in [1.165, 1.54) is 11.8 Å². The van der Waals surface area contributed by atoms with Crippen LogP contribution in [-0.2, 0) is 5.75 Å². The SMILES string of the molecule is Cc1nc(CSc2ccccc2C(=O)NC(C)c2ccc(Cl)cc2Cl)no1. The molecule has 1 atom stereocenters. The van der Waals surface area contributed by atoms with E-state index in [4.69, 9.17) is 27.7 Å². The van der Waals surface area contributed by atoms with E-state index in [1.807, 2.05) is 31.2 Å². The van der Waals surface area contributed by atoms with Crippen LogP contribution in [0.25, 0.3) is 0 Å². The summed E-state index contributed by atoms with van der Waals surface area (Å²) in [5, 5.41) is 7.94. The highest BCUT2D eigenvalue weighted by molar-refractivity contribution is 7.98. The number of aryl methyl sites for hydroxylation is 1. The molecule has 27 heavy (non-hydrogen) atoms. The Hall–Kier alpha value is -2.02. The first-order valence-corrected chi connectivity index (χ1v) is 9.95. The lowest BCUT2D eigenvalue weighted by molar-refractivity contribution is 0.0937. The molecule has 0 radical (unpaired) electrons. The van der Waals surface area contributed by atoms with Gasteiger partial charge in [0.25, 0.3) is 5.91 Å². The maximum atomic E-state index is 12.8. The largest absolute Gasteiger partial charge is 0.345 e. The summed E-state index contributed by atoms with van der Waals surface area (Å²) < 4.78 is 4.98. The molecule has 8 heteroatoms. The zero-order valence-corrected chi connectivity index (χ0v) is 17.0. The third-order valence-electron chi connectivity index (χ3n) is 3.83. The van der Waals surface area contributed by atoms with Crippen molar-refractivity contribution in [3.63, 3.8) is 0 Å². The van der Waals surface area contributed by atoms with Gasteiger partial charge >= 0.3 is 0 Å². The minimum atomic E-state index is -0.264. The number of carbonyl (C=O) groups is 1. The quantitative estimate of drug-likeness (QED) is 0.534. The van der Waals surface area contributed by atoms with Crippen molar-refractivity contribution >= 4 is 40.9 Å². The predicted molar refractivity (Wildman–Crippen MR) is 107 cm³/mol. The Morgan fingerprint density at radius 3 is 2.74 bits per heavy atom. The average molecular weight is 422 g/mol. The van der Waals surface area contributed by atoms with Crippen LogP contribution in [0.4, 0.5) is 0 Å². The number of hydrogen-bond acceptors (Lipinski definition) is 5. The minimum Gasteiger partial charge on any atom is -0.345 e. The van der Waals surface area contributed by atoms with E-state index in [0.29, 0.717) is 33.1 Å². The molecule has 0 fully saturated rings. The average Bonchev–Trinajstić information content (AvgIpc) is 3.05. The first-order valence-electron chi connectivity index (χ1n) is 8.21. The Bertz CT molecular complexity index is 962. The van der Waals surface area contributed by atoms with E-state index < -0.39 is 0 Å². The molecule has 3 aromatic rings. The lowest BCUT2D eigenvalue weighted by Gasteiger charge is -2.17. The van der Waals surface area contributed by atoms with Gasteiger partial charge in [-0.05, 0) is 36.8 Å². The molecule has 0 saturated heterocycles. The van der Waals surface area contributed by atoms with Crippen molar-refractivity contribution in [2.75, 3.05) is 0 Å². The maximum absolute atomic E-state index is 12.8. The number of nitrogens with one attached hydrogen (secondary N) is 1. The first-order chi connectivity index (χ1) is 12.9. The zero-order chi connectivity index (χ0) is 19.4. The fourth-order valence-electron chi connectivity index (χ4n) is 2.53. The van der Waals surface area contributed by atoms with Crippen molar-refractivity contribution < 1.29 is 9.32 Å². The molecule has 0 spiro atoms. The summed E-state index contributed by atoms with van der Waals surface area (Å²) in [6.45, 7) is 3.62. The number of amides is 1. The van der Waals surface area contributed by atoms with E-state index in [2.05, 4.69) is 15.5 Å². The zero-order valence-electron chi connectivity index (χ0n) is 14.7. The van der Waals surface area contributed by atoms with Gasteiger partial charge in [0.2, 0.25) is 5.89 Å². The molecule has 0 saturated carbocycles. The summed E-state index contributed by atoms with van der Waals surface area (Å²) in [6, 6.07) is 12.4. The van der Waals surface area contributed by atoms with Gasteiger partial charge in [0.15, 0.2) is 5.82 Å². The van der Waals surface area contributed by atoms with Gasteiger partial charge < -0.3 is 9.84 Å². The van der Waals surface area contributed by atoms with Crippen LogP contribution in [0, 0.1) is 6.92 Å². The van der Waals surface area contributed by atoms with Crippen molar-refractivity contribution in [1.29, 1.82) is 0 Å². The van der Waals surface area contributed by atoms with Crippen molar-refractivity contribution in [3.8, 4) is 0 Å². The Kier molecular flexibility index (Phi) is 6.42. The lowest BCUT2D eigenvalue weighted by atomic mass is 10.1. The van der Waals surface area contributed by atoms with Gasteiger partial charge in [-0.25, -0.2) is 0 Å². The van der Waals surface area contributed by atoms with Crippen molar-refractivity contribution in [1.82, 2.24) is 15.5 Å².